The largest absolute Gasteiger partial charge is 0.396 e. The number of rotatable bonds is 3. The minimum Gasteiger partial charge on any atom is -0.396 e. The van der Waals surface area contributed by atoms with Gasteiger partial charge in [-0.3, -0.25) is 9.59 Å². The highest BCUT2D eigenvalue weighted by atomic mass is 35.5. The monoisotopic (exact) mass is 464 g/mol. The number of fused-ring (bicyclic) bond motifs is 2. The van der Waals surface area contributed by atoms with Gasteiger partial charge in [0.2, 0.25) is 0 Å². The molecule has 1 amide bonds. The molecule has 1 aromatic carbocycles. The summed E-state index contributed by atoms with van der Waals surface area (Å²) in [5.74, 6) is 0.867. The number of ketones is 1. The van der Waals surface area contributed by atoms with Crippen LogP contribution in [0.2, 0.25) is 5.02 Å². The van der Waals surface area contributed by atoms with Crippen LogP contribution in [0, 0.1) is 0 Å². The van der Waals surface area contributed by atoms with E-state index in [2.05, 4.69) is 16.8 Å². The SMILES string of the molecule is C=C1C=C(N2CCC3(CC2)C(=O)C=C(CCO)c2cc(Cl)ccc23)NC(=O)C2=C1CCCC2. The summed E-state index contributed by atoms with van der Waals surface area (Å²) in [6, 6.07) is 5.73. The number of benzene rings is 1. The molecule has 1 aromatic rings. The Morgan fingerprint density at radius 2 is 1.82 bits per heavy atom. The number of nitrogens with one attached hydrogen (secondary N) is 1. The zero-order valence-electron chi connectivity index (χ0n) is 18.8. The first-order valence-electron chi connectivity index (χ1n) is 11.8. The predicted octanol–water partition coefficient (Wildman–Crippen LogP) is 4.42. The van der Waals surface area contributed by atoms with Gasteiger partial charge >= 0.3 is 0 Å². The Morgan fingerprint density at radius 3 is 2.55 bits per heavy atom. The summed E-state index contributed by atoms with van der Waals surface area (Å²) in [6.07, 6.45) is 9.28. The van der Waals surface area contributed by atoms with E-state index in [1.807, 2.05) is 24.3 Å². The highest BCUT2D eigenvalue weighted by Crippen LogP contribution is 2.46. The lowest BCUT2D eigenvalue weighted by molar-refractivity contribution is -0.122. The second-order valence-electron chi connectivity index (χ2n) is 9.44. The van der Waals surface area contributed by atoms with Gasteiger partial charge < -0.3 is 15.3 Å². The van der Waals surface area contributed by atoms with Crippen LogP contribution >= 0.6 is 11.6 Å². The van der Waals surface area contributed by atoms with Gasteiger partial charge in [-0.15, -0.1) is 0 Å². The average Bonchev–Trinajstić information content (AvgIpc) is 2.94. The minimum absolute atomic E-state index is 0.0123. The summed E-state index contributed by atoms with van der Waals surface area (Å²) in [4.78, 5) is 28.5. The van der Waals surface area contributed by atoms with Crippen LogP contribution in [-0.2, 0) is 15.0 Å². The van der Waals surface area contributed by atoms with Crippen molar-refractivity contribution >= 4 is 28.9 Å². The number of piperidine rings is 1. The van der Waals surface area contributed by atoms with E-state index in [-0.39, 0.29) is 18.3 Å². The molecule has 2 aliphatic carbocycles. The van der Waals surface area contributed by atoms with Crippen LogP contribution in [0.5, 0.6) is 0 Å². The predicted molar refractivity (Wildman–Crippen MR) is 129 cm³/mol. The number of nitrogens with zero attached hydrogens (tertiary/aromatic N) is 1. The summed E-state index contributed by atoms with van der Waals surface area (Å²) in [5, 5.41) is 13.2. The second kappa shape index (κ2) is 8.62. The van der Waals surface area contributed by atoms with Crippen LogP contribution in [0.15, 0.2) is 59.5 Å². The molecule has 0 radical (unpaired) electrons. The second-order valence-corrected chi connectivity index (χ2v) is 9.88. The van der Waals surface area contributed by atoms with Crippen molar-refractivity contribution in [2.45, 2.75) is 50.4 Å². The Hall–Kier alpha value is -2.63. The third-order valence-corrected chi connectivity index (χ3v) is 7.88. The summed E-state index contributed by atoms with van der Waals surface area (Å²) in [7, 11) is 0. The number of halogens is 1. The van der Waals surface area contributed by atoms with Gasteiger partial charge in [0.15, 0.2) is 5.78 Å². The van der Waals surface area contributed by atoms with E-state index >= 15 is 0 Å². The molecule has 0 bridgehead atoms. The quantitative estimate of drug-likeness (QED) is 0.694. The van der Waals surface area contributed by atoms with E-state index in [9.17, 15) is 14.7 Å². The molecular weight excluding hydrogens is 436 g/mol. The smallest absolute Gasteiger partial charge is 0.252 e. The van der Waals surface area contributed by atoms with Crippen LogP contribution in [0.25, 0.3) is 5.57 Å². The number of likely N-dealkylation sites (tertiary alicyclic amines) is 1. The van der Waals surface area contributed by atoms with Crippen LogP contribution in [-0.4, -0.2) is 41.4 Å². The van der Waals surface area contributed by atoms with Gasteiger partial charge in [-0.1, -0.05) is 24.2 Å². The zero-order valence-corrected chi connectivity index (χ0v) is 19.5. The van der Waals surface area contributed by atoms with E-state index in [0.717, 1.165) is 64.9 Å². The normalized spacial score (nSPS) is 22.4. The van der Waals surface area contributed by atoms with Gasteiger partial charge in [0.25, 0.3) is 5.91 Å². The van der Waals surface area contributed by atoms with Crippen molar-refractivity contribution in [2.75, 3.05) is 19.7 Å². The molecule has 0 saturated carbocycles. The molecule has 4 aliphatic rings. The molecule has 6 heteroatoms. The zero-order chi connectivity index (χ0) is 23.2. The van der Waals surface area contributed by atoms with Crippen molar-refractivity contribution in [1.29, 1.82) is 0 Å². The van der Waals surface area contributed by atoms with Gasteiger partial charge in [-0.25, -0.2) is 0 Å². The highest BCUT2D eigenvalue weighted by molar-refractivity contribution is 6.31. The Labute approximate surface area is 199 Å². The molecule has 33 heavy (non-hydrogen) atoms. The Morgan fingerprint density at radius 1 is 1.09 bits per heavy atom. The number of allylic oxidation sites excluding steroid dienone is 4. The van der Waals surface area contributed by atoms with E-state index in [1.165, 1.54) is 0 Å². The lowest BCUT2D eigenvalue weighted by atomic mass is 9.64. The number of aliphatic hydroxyl groups is 1. The van der Waals surface area contributed by atoms with E-state index in [1.54, 1.807) is 6.08 Å². The number of amides is 1. The van der Waals surface area contributed by atoms with Crippen LogP contribution < -0.4 is 5.32 Å². The van der Waals surface area contributed by atoms with E-state index < -0.39 is 5.41 Å². The lowest BCUT2D eigenvalue weighted by Crippen LogP contribution is -2.50. The molecule has 2 N–H and O–H groups in total. The van der Waals surface area contributed by atoms with Crippen molar-refractivity contribution in [2.24, 2.45) is 0 Å². The maximum atomic E-state index is 13.4. The van der Waals surface area contributed by atoms with Gasteiger partial charge in [-0.05, 0) is 97.1 Å². The molecule has 1 fully saturated rings. The number of hydrogen-bond acceptors (Lipinski definition) is 4. The summed E-state index contributed by atoms with van der Waals surface area (Å²) in [5.41, 5.74) is 5.11. The molecule has 0 unspecified atom stereocenters. The summed E-state index contributed by atoms with van der Waals surface area (Å²) >= 11 is 6.28. The Balaban J connectivity index is 1.41. The molecule has 5 rings (SSSR count). The third kappa shape index (κ3) is 3.77. The summed E-state index contributed by atoms with van der Waals surface area (Å²) < 4.78 is 0. The number of hydrogen-bond donors (Lipinski definition) is 2. The van der Waals surface area contributed by atoms with Crippen molar-refractivity contribution < 1.29 is 14.7 Å². The standard InChI is InChI=1S/C27H29ClN2O3/c1-17-14-25(29-26(33)21-5-3-2-4-20(17)21)30-11-9-27(10-12-30)23-7-6-19(28)16-22(23)18(8-13-31)15-24(27)32/h6-7,14-16,31H,1-5,8-13H2,(H,29,33). The Bertz CT molecular complexity index is 1140. The van der Waals surface area contributed by atoms with Crippen LogP contribution in [0.4, 0.5) is 0 Å². The van der Waals surface area contributed by atoms with Crippen LogP contribution in [0.3, 0.4) is 0 Å². The van der Waals surface area contributed by atoms with E-state index in [0.29, 0.717) is 37.4 Å². The molecule has 2 heterocycles. The molecular formula is C27H29ClN2O3. The molecule has 5 nitrogen and oxygen atoms in total. The van der Waals surface area contributed by atoms with Gasteiger partial charge in [0.05, 0.1) is 5.41 Å². The van der Waals surface area contributed by atoms with Crippen LogP contribution in [0.1, 0.15) is 56.1 Å². The van der Waals surface area contributed by atoms with Crippen molar-refractivity contribution in [3.8, 4) is 0 Å². The highest BCUT2D eigenvalue weighted by Gasteiger charge is 2.46. The first-order valence-corrected chi connectivity index (χ1v) is 12.2. The van der Waals surface area contributed by atoms with Crippen molar-refractivity contribution in [3.05, 3.63) is 75.6 Å². The first-order chi connectivity index (χ1) is 15.9. The average molecular weight is 465 g/mol. The van der Waals surface area contributed by atoms with Gasteiger partial charge in [0.1, 0.15) is 5.82 Å². The molecule has 1 saturated heterocycles. The maximum absolute atomic E-state index is 13.4. The first kappa shape index (κ1) is 22.2. The van der Waals surface area contributed by atoms with Crippen molar-refractivity contribution in [1.82, 2.24) is 10.2 Å². The molecule has 2 aliphatic heterocycles. The summed E-state index contributed by atoms with van der Waals surface area (Å²) in [6.45, 7) is 5.54. The fourth-order valence-electron chi connectivity index (χ4n) is 5.84. The minimum atomic E-state index is -0.598. The fourth-order valence-corrected chi connectivity index (χ4v) is 6.01. The Kier molecular flexibility index (Phi) is 5.79. The molecule has 1 spiro atoms. The maximum Gasteiger partial charge on any atom is 0.252 e. The topological polar surface area (TPSA) is 69.6 Å². The number of carbonyl (C=O) groups excluding carboxylic acids is 2. The van der Waals surface area contributed by atoms with E-state index in [4.69, 9.17) is 11.6 Å². The molecule has 0 aromatic heterocycles. The van der Waals surface area contributed by atoms with Gasteiger partial charge in [-0.2, -0.15) is 0 Å². The number of aliphatic hydroxyl groups excluding tert-OH is 1. The molecule has 0 atom stereocenters. The fraction of sp³-hybridized carbons (Fsp3) is 0.407. The van der Waals surface area contributed by atoms with Crippen molar-refractivity contribution in [3.63, 3.8) is 0 Å². The molecule has 172 valence electrons. The van der Waals surface area contributed by atoms with Gasteiger partial charge in [0, 0.05) is 30.3 Å². The lowest BCUT2D eigenvalue weighted by Gasteiger charge is -2.44. The third-order valence-electron chi connectivity index (χ3n) is 7.64. The number of carbonyl (C=O) groups is 2.